The zero-order valence-corrected chi connectivity index (χ0v) is 14.8. The molecule has 2 N–H and O–H groups in total. The van der Waals surface area contributed by atoms with Crippen LogP contribution in [0.3, 0.4) is 0 Å². The largest absolute Gasteiger partial charge is 0.472 e. The van der Waals surface area contributed by atoms with Crippen LogP contribution in [0.15, 0.2) is 59.6 Å². The highest BCUT2D eigenvalue weighted by molar-refractivity contribution is 8.00. The molecule has 0 aliphatic rings. The monoisotopic (exact) mass is 373 g/mol. The molecule has 2 aromatic rings. The van der Waals surface area contributed by atoms with Gasteiger partial charge in [-0.15, -0.1) is 11.8 Å². The van der Waals surface area contributed by atoms with Gasteiger partial charge in [0.2, 0.25) is 5.91 Å². The van der Waals surface area contributed by atoms with Crippen molar-refractivity contribution in [1.82, 2.24) is 10.3 Å². The number of hydrogen-bond acceptors (Lipinski definition) is 6. The maximum atomic E-state index is 12.4. The molecule has 2 rings (SSSR count). The number of carbonyl (C=O) groups is 3. The van der Waals surface area contributed by atoms with Crippen LogP contribution in [0, 0.1) is 0 Å². The molecule has 0 aliphatic heterocycles. The highest BCUT2D eigenvalue weighted by Gasteiger charge is 2.18. The first kappa shape index (κ1) is 19.5. The van der Waals surface area contributed by atoms with Crippen molar-refractivity contribution < 1.29 is 18.8 Å². The fraction of sp³-hybridized carbons (Fsp3) is 0.222. The minimum atomic E-state index is -0.404. The summed E-state index contributed by atoms with van der Waals surface area (Å²) in [6, 6.07) is 6.82. The van der Waals surface area contributed by atoms with E-state index >= 15 is 0 Å². The standard InChI is InChI=1S/C18H19N3O4S/c22-10-4-2-5-15(18(24)21-16-6-1-3-8-19-16)26-12-9-20-17(23)14-7-11-25-13-14/h1-4,6-8,10-11,13,15H,5,9,12H2,(H,20,23)(H,19,21,24)/b4-2-. The van der Waals surface area contributed by atoms with E-state index < -0.39 is 5.25 Å². The van der Waals surface area contributed by atoms with Crippen LogP contribution in [-0.2, 0) is 9.59 Å². The number of rotatable bonds is 10. The first-order chi connectivity index (χ1) is 12.7. The van der Waals surface area contributed by atoms with Crippen LogP contribution in [-0.4, -0.2) is 40.6 Å². The number of nitrogens with one attached hydrogen (secondary N) is 2. The summed E-state index contributed by atoms with van der Waals surface area (Å²) in [6.07, 6.45) is 8.47. The molecule has 136 valence electrons. The van der Waals surface area contributed by atoms with E-state index in [1.54, 1.807) is 36.5 Å². The second kappa shape index (κ2) is 10.9. The highest BCUT2D eigenvalue weighted by Crippen LogP contribution is 2.17. The van der Waals surface area contributed by atoms with Gasteiger partial charge in [-0.3, -0.25) is 14.4 Å². The van der Waals surface area contributed by atoms with Crippen LogP contribution in [0.25, 0.3) is 0 Å². The van der Waals surface area contributed by atoms with Gasteiger partial charge in [-0.2, -0.15) is 0 Å². The molecule has 0 spiro atoms. The molecule has 0 aromatic carbocycles. The van der Waals surface area contributed by atoms with Crippen molar-refractivity contribution in [1.29, 1.82) is 0 Å². The Kier molecular flexibility index (Phi) is 8.14. The van der Waals surface area contributed by atoms with E-state index in [0.29, 0.717) is 36.4 Å². The molecular weight excluding hydrogens is 354 g/mol. The lowest BCUT2D eigenvalue weighted by atomic mass is 10.2. The van der Waals surface area contributed by atoms with Gasteiger partial charge in [0.1, 0.15) is 18.4 Å². The topological polar surface area (TPSA) is 101 Å². The van der Waals surface area contributed by atoms with Crippen LogP contribution in [0.2, 0.25) is 0 Å². The van der Waals surface area contributed by atoms with Crippen LogP contribution < -0.4 is 10.6 Å². The van der Waals surface area contributed by atoms with Gasteiger partial charge < -0.3 is 15.1 Å². The fourth-order valence-corrected chi connectivity index (χ4v) is 2.98. The van der Waals surface area contributed by atoms with E-state index in [2.05, 4.69) is 15.6 Å². The number of allylic oxidation sites excluding steroid dienone is 2. The Labute approximate surface area is 155 Å². The maximum Gasteiger partial charge on any atom is 0.254 e. The molecule has 1 atom stereocenters. The third-order valence-corrected chi connectivity index (χ3v) is 4.51. The number of aromatic nitrogens is 1. The average Bonchev–Trinajstić information content (AvgIpc) is 3.19. The van der Waals surface area contributed by atoms with Gasteiger partial charge in [0.15, 0.2) is 0 Å². The van der Waals surface area contributed by atoms with E-state index in [-0.39, 0.29) is 11.8 Å². The van der Waals surface area contributed by atoms with Gasteiger partial charge in [-0.1, -0.05) is 12.1 Å². The number of aldehydes is 1. The molecule has 26 heavy (non-hydrogen) atoms. The molecular formula is C18H19N3O4S. The molecule has 2 heterocycles. The lowest BCUT2D eigenvalue weighted by molar-refractivity contribution is -0.115. The summed E-state index contributed by atoms with van der Waals surface area (Å²) in [4.78, 5) is 38.7. The Balaban J connectivity index is 1.83. The number of anilines is 1. The van der Waals surface area contributed by atoms with E-state index in [0.717, 1.165) is 0 Å². The van der Waals surface area contributed by atoms with Crippen LogP contribution >= 0.6 is 11.8 Å². The second-order valence-corrected chi connectivity index (χ2v) is 6.44. The third kappa shape index (κ3) is 6.56. The highest BCUT2D eigenvalue weighted by atomic mass is 32.2. The summed E-state index contributed by atoms with van der Waals surface area (Å²) in [5, 5.41) is 5.10. The van der Waals surface area contributed by atoms with E-state index in [9.17, 15) is 14.4 Å². The predicted molar refractivity (Wildman–Crippen MR) is 100.0 cm³/mol. The van der Waals surface area contributed by atoms with Crippen molar-refractivity contribution >= 4 is 35.7 Å². The van der Waals surface area contributed by atoms with Crippen LogP contribution in [0.4, 0.5) is 5.82 Å². The molecule has 0 bridgehead atoms. The summed E-state index contributed by atoms with van der Waals surface area (Å²) in [5.41, 5.74) is 0.452. The fourth-order valence-electron chi connectivity index (χ4n) is 2.01. The Hall–Kier alpha value is -2.87. The molecule has 0 saturated heterocycles. The van der Waals surface area contributed by atoms with Crippen LogP contribution in [0.1, 0.15) is 16.8 Å². The molecule has 2 aromatic heterocycles. The molecule has 0 radical (unpaired) electrons. The molecule has 0 fully saturated rings. The molecule has 2 amide bonds. The zero-order chi connectivity index (χ0) is 18.6. The summed E-state index contributed by atoms with van der Waals surface area (Å²) in [6.45, 7) is 0.402. The lowest BCUT2D eigenvalue weighted by Crippen LogP contribution is -2.29. The summed E-state index contributed by atoms with van der Waals surface area (Å²) in [7, 11) is 0. The van der Waals surface area contributed by atoms with Crippen molar-refractivity contribution in [3.8, 4) is 0 Å². The summed E-state index contributed by atoms with van der Waals surface area (Å²) >= 11 is 1.39. The van der Waals surface area contributed by atoms with Crippen molar-refractivity contribution in [3.63, 3.8) is 0 Å². The van der Waals surface area contributed by atoms with Gasteiger partial charge in [0.05, 0.1) is 17.1 Å². The Morgan fingerprint density at radius 2 is 2.19 bits per heavy atom. The molecule has 7 nitrogen and oxygen atoms in total. The Morgan fingerprint density at radius 1 is 1.31 bits per heavy atom. The average molecular weight is 373 g/mol. The van der Waals surface area contributed by atoms with Gasteiger partial charge in [0.25, 0.3) is 5.91 Å². The van der Waals surface area contributed by atoms with Gasteiger partial charge in [-0.25, -0.2) is 4.98 Å². The first-order valence-electron chi connectivity index (χ1n) is 7.95. The molecule has 1 unspecified atom stereocenters. The Morgan fingerprint density at radius 3 is 2.88 bits per heavy atom. The van der Waals surface area contributed by atoms with Crippen LogP contribution in [0.5, 0.6) is 0 Å². The second-order valence-electron chi connectivity index (χ2n) is 5.13. The number of pyridine rings is 1. The normalized spacial score (nSPS) is 11.8. The van der Waals surface area contributed by atoms with Gasteiger partial charge >= 0.3 is 0 Å². The van der Waals surface area contributed by atoms with E-state index in [1.165, 1.54) is 30.4 Å². The number of carbonyl (C=O) groups excluding carboxylic acids is 3. The number of furan rings is 1. The van der Waals surface area contributed by atoms with Crippen molar-refractivity contribution in [2.24, 2.45) is 0 Å². The van der Waals surface area contributed by atoms with E-state index in [4.69, 9.17) is 4.42 Å². The van der Waals surface area contributed by atoms with Gasteiger partial charge in [-0.05, 0) is 30.7 Å². The van der Waals surface area contributed by atoms with E-state index in [1.807, 2.05) is 0 Å². The first-order valence-corrected chi connectivity index (χ1v) is 9.00. The predicted octanol–water partition coefficient (Wildman–Crippen LogP) is 2.29. The lowest BCUT2D eigenvalue weighted by Gasteiger charge is -2.14. The number of thioether (sulfide) groups is 1. The zero-order valence-electron chi connectivity index (χ0n) is 14.0. The van der Waals surface area contributed by atoms with Crippen molar-refractivity contribution in [2.45, 2.75) is 11.7 Å². The third-order valence-electron chi connectivity index (χ3n) is 3.26. The minimum Gasteiger partial charge on any atom is -0.472 e. The minimum absolute atomic E-state index is 0.203. The van der Waals surface area contributed by atoms with Gasteiger partial charge in [0, 0.05) is 18.5 Å². The molecule has 0 saturated carbocycles. The maximum absolute atomic E-state index is 12.4. The smallest absolute Gasteiger partial charge is 0.254 e. The van der Waals surface area contributed by atoms with Crippen molar-refractivity contribution in [3.05, 3.63) is 60.7 Å². The van der Waals surface area contributed by atoms with Crippen molar-refractivity contribution in [2.75, 3.05) is 17.6 Å². The Bertz CT molecular complexity index is 732. The molecule has 0 aliphatic carbocycles. The SMILES string of the molecule is O=C/C=C\CC(SCCNC(=O)c1ccoc1)C(=O)Nc1ccccn1. The summed E-state index contributed by atoms with van der Waals surface area (Å²) < 4.78 is 4.86. The quantitative estimate of drug-likeness (QED) is 0.376. The summed E-state index contributed by atoms with van der Waals surface area (Å²) in [5.74, 6) is 0.578. The number of amides is 2. The number of hydrogen-bond donors (Lipinski definition) is 2. The number of nitrogens with zero attached hydrogens (tertiary/aromatic N) is 1. The molecule has 8 heteroatoms.